The number of hydrogen-bond acceptors (Lipinski definition) is 7. The van der Waals surface area contributed by atoms with Gasteiger partial charge in [0.25, 0.3) is 5.91 Å². The molecule has 2 atom stereocenters. The SMILES string of the molecule is CC1=CN2C(=NC3C2C(=O)N(CCCO)C(=O)N3C)N1c1ccc(Oc2ccccc2)cc1. The van der Waals surface area contributed by atoms with Crippen LogP contribution in [0, 0.1) is 0 Å². The number of aliphatic hydroxyl groups excluding tert-OH is 1. The van der Waals surface area contributed by atoms with E-state index in [1.54, 1.807) is 7.05 Å². The number of likely N-dealkylation sites (N-methyl/N-ethyl adjacent to an activating group) is 1. The molecule has 3 heterocycles. The minimum atomic E-state index is -0.623. The lowest BCUT2D eigenvalue weighted by Crippen LogP contribution is -2.64. The Hall–Kier alpha value is -3.85. The van der Waals surface area contributed by atoms with Crippen LogP contribution in [0.1, 0.15) is 13.3 Å². The topological polar surface area (TPSA) is 88.9 Å². The molecule has 0 radical (unpaired) electrons. The number of imide groups is 1. The zero-order valence-corrected chi connectivity index (χ0v) is 18.5. The third-order valence-electron chi connectivity index (χ3n) is 6.00. The highest BCUT2D eigenvalue weighted by molar-refractivity contribution is 6.09. The van der Waals surface area contributed by atoms with Crippen molar-refractivity contribution in [1.82, 2.24) is 14.7 Å². The van der Waals surface area contributed by atoms with E-state index in [1.807, 2.05) is 77.5 Å². The Balaban J connectivity index is 1.39. The van der Waals surface area contributed by atoms with E-state index in [0.717, 1.165) is 17.1 Å². The highest BCUT2D eigenvalue weighted by Crippen LogP contribution is 2.37. The van der Waals surface area contributed by atoms with Crippen molar-refractivity contribution in [3.05, 3.63) is 66.5 Å². The van der Waals surface area contributed by atoms with Gasteiger partial charge in [-0.15, -0.1) is 0 Å². The van der Waals surface area contributed by atoms with Crippen LogP contribution in [0.3, 0.4) is 0 Å². The minimum absolute atomic E-state index is 0.0862. The molecule has 2 aromatic rings. The molecule has 3 aliphatic heterocycles. The van der Waals surface area contributed by atoms with E-state index in [1.165, 1.54) is 9.80 Å². The summed E-state index contributed by atoms with van der Waals surface area (Å²) in [6, 6.07) is 16.2. The molecular formula is C24H25N5O4. The van der Waals surface area contributed by atoms with Crippen molar-refractivity contribution < 1.29 is 19.4 Å². The van der Waals surface area contributed by atoms with Crippen LogP contribution >= 0.6 is 0 Å². The summed E-state index contributed by atoms with van der Waals surface area (Å²) in [5, 5.41) is 9.15. The Kier molecular flexibility index (Phi) is 5.26. The Labute approximate surface area is 191 Å². The Morgan fingerprint density at radius 2 is 1.73 bits per heavy atom. The van der Waals surface area contributed by atoms with Gasteiger partial charge in [-0.25, -0.2) is 9.79 Å². The van der Waals surface area contributed by atoms with E-state index in [2.05, 4.69) is 0 Å². The number of aliphatic imine (C=N–C) groups is 1. The fourth-order valence-corrected chi connectivity index (χ4v) is 4.40. The second-order valence-corrected chi connectivity index (χ2v) is 8.17. The van der Waals surface area contributed by atoms with Crippen LogP contribution in [0.5, 0.6) is 11.5 Å². The van der Waals surface area contributed by atoms with Gasteiger partial charge < -0.3 is 19.6 Å². The second kappa shape index (κ2) is 8.25. The number of rotatable bonds is 6. The molecular weight excluding hydrogens is 422 g/mol. The number of guanidine groups is 1. The molecule has 1 N–H and O–H groups in total. The Bertz CT molecular complexity index is 1130. The van der Waals surface area contributed by atoms with Gasteiger partial charge in [0.05, 0.1) is 0 Å². The number of aliphatic hydroxyl groups is 1. The van der Waals surface area contributed by atoms with Gasteiger partial charge in [-0.2, -0.15) is 0 Å². The standard InChI is InChI=1S/C24H25N5O4/c1-16-15-28-20-21(26(2)24(32)27(22(20)31)13-6-14-30)25-23(28)29(16)17-9-11-19(12-10-17)33-18-7-4-3-5-8-18/h3-5,7-12,15,20-21,30H,6,13-14H2,1-2H3. The lowest BCUT2D eigenvalue weighted by molar-refractivity contribution is -0.136. The fourth-order valence-electron chi connectivity index (χ4n) is 4.40. The molecule has 0 bridgehead atoms. The third kappa shape index (κ3) is 3.50. The molecule has 0 aromatic heterocycles. The van der Waals surface area contributed by atoms with Crippen molar-refractivity contribution in [2.75, 3.05) is 25.1 Å². The van der Waals surface area contributed by atoms with Crippen LogP contribution < -0.4 is 9.64 Å². The average molecular weight is 447 g/mol. The summed E-state index contributed by atoms with van der Waals surface area (Å²) in [7, 11) is 1.65. The summed E-state index contributed by atoms with van der Waals surface area (Å²) in [6.07, 6.45) is 1.64. The highest BCUT2D eigenvalue weighted by Gasteiger charge is 2.54. The van der Waals surface area contributed by atoms with Crippen LogP contribution in [0.15, 0.2) is 71.5 Å². The van der Waals surface area contributed by atoms with Gasteiger partial charge in [-0.1, -0.05) is 18.2 Å². The number of benzene rings is 2. The third-order valence-corrected chi connectivity index (χ3v) is 6.00. The van der Waals surface area contributed by atoms with Crippen molar-refractivity contribution in [3.8, 4) is 11.5 Å². The molecule has 3 amide bonds. The van der Waals surface area contributed by atoms with E-state index >= 15 is 0 Å². The predicted molar refractivity (Wildman–Crippen MR) is 123 cm³/mol. The van der Waals surface area contributed by atoms with Crippen molar-refractivity contribution >= 4 is 23.6 Å². The van der Waals surface area contributed by atoms with Gasteiger partial charge in [-0.3, -0.25) is 14.6 Å². The summed E-state index contributed by atoms with van der Waals surface area (Å²) in [4.78, 5) is 37.2. The van der Waals surface area contributed by atoms with Gasteiger partial charge in [0, 0.05) is 37.8 Å². The molecule has 1 fully saturated rings. The van der Waals surface area contributed by atoms with Crippen LogP contribution in [-0.4, -0.2) is 70.1 Å². The van der Waals surface area contributed by atoms with Gasteiger partial charge in [0.2, 0.25) is 5.96 Å². The number of ether oxygens (including phenoxy) is 1. The Morgan fingerprint density at radius 3 is 2.42 bits per heavy atom. The molecule has 0 saturated carbocycles. The first-order valence-corrected chi connectivity index (χ1v) is 10.9. The average Bonchev–Trinajstić information content (AvgIpc) is 3.33. The van der Waals surface area contributed by atoms with Gasteiger partial charge in [0.15, 0.2) is 12.2 Å². The van der Waals surface area contributed by atoms with Crippen LogP contribution in [0.2, 0.25) is 0 Å². The summed E-state index contributed by atoms with van der Waals surface area (Å²) in [5.74, 6) is 1.78. The zero-order valence-electron chi connectivity index (χ0n) is 18.5. The minimum Gasteiger partial charge on any atom is -0.457 e. The number of carbonyl (C=O) groups excluding carboxylic acids is 2. The fraction of sp³-hybridized carbons (Fsp3) is 0.292. The molecule has 3 aliphatic rings. The smallest absolute Gasteiger partial charge is 0.328 e. The molecule has 9 nitrogen and oxygen atoms in total. The quantitative estimate of drug-likeness (QED) is 0.733. The largest absolute Gasteiger partial charge is 0.457 e. The molecule has 2 unspecified atom stereocenters. The van der Waals surface area contributed by atoms with E-state index in [-0.39, 0.29) is 19.1 Å². The summed E-state index contributed by atoms with van der Waals surface area (Å²) in [6.45, 7) is 2.05. The maximum atomic E-state index is 13.2. The summed E-state index contributed by atoms with van der Waals surface area (Å²) < 4.78 is 5.88. The number of anilines is 1. The number of para-hydroxylation sites is 1. The number of amides is 3. The first-order valence-electron chi connectivity index (χ1n) is 10.9. The van der Waals surface area contributed by atoms with Crippen LogP contribution in [-0.2, 0) is 4.79 Å². The van der Waals surface area contributed by atoms with E-state index in [9.17, 15) is 9.59 Å². The molecule has 33 heavy (non-hydrogen) atoms. The Morgan fingerprint density at radius 1 is 1.03 bits per heavy atom. The molecule has 5 rings (SSSR count). The zero-order chi connectivity index (χ0) is 23.1. The number of urea groups is 1. The second-order valence-electron chi connectivity index (χ2n) is 8.17. The van der Waals surface area contributed by atoms with Crippen molar-refractivity contribution in [1.29, 1.82) is 0 Å². The molecule has 9 heteroatoms. The maximum Gasteiger partial charge on any atom is 0.328 e. The monoisotopic (exact) mass is 447 g/mol. The lowest BCUT2D eigenvalue weighted by atomic mass is 10.1. The lowest BCUT2D eigenvalue weighted by Gasteiger charge is -2.40. The van der Waals surface area contributed by atoms with E-state index in [0.29, 0.717) is 18.1 Å². The highest BCUT2D eigenvalue weighted by atomic mass is 16.5. The van der Waals surface area contributed by atoms with Crippen molar-refractivity contribution in [2.45, 2.75) is 25.6 Å². The number of allylic oxidation sites excluding steroid dienone is 1. The molecule has 0 aliphatic carbocycles. The number of nitrogens with zero attached hydrogens (tertiary/aromatic N) is 5. The molecule has 1 saturated heterocycles. The number of hydrogen-bond donors (Lipinski definition) is 1. The van der Waals surface area contributed by atoms with Crippen LogP contribution in [0.4, 0.5) is 10.5 Å². The molecule has 0 spiro atoms. The van der Waals surface area contributed by atoms with Gasteiger partial charge in [0.1, 0.15) is 11.5 Å². The van der Waals surface area contributed by atoms with Crippen molar-refractivity contribution in [2.24, 2.45) is 4.99 Å². The first kappa shape index (κ1) is 21.0. The van der Waals surface area contributed by atoms with Gasteiger partial charge >= 0.3 is 6.03 Å². The molecule has 2 aromatic carbocycles. The van der Waals surface area contributed by atoms with E-state index in [4.69, 9.17) is 14.8 Å². The summed E-state index contributed by atoms with van der Waals surface area (Å²) >= 11 is 0. The van der Waals surface area contributed by atoms with Crippen LogP contribution in [0.25, 0.3) is 0 Å². The molecule has 170 valence electrons. The number of fused-ring (bicyclic) bond motifs is 3. The maximum absolute atomic E-state index is 13.2. The van der Waals surface area contributed by atoms with E-state index < -0.39 is 18.2 Å². The first-order chi connectivity index (χ1) is 16.0. The normalized spacial score (nSPS) is 21.8. The predicted octanol–water partition coefficient (Wildman–Crippen LogP) is 2.80. The van der Waals surface area contributed by atoms with Gasteiger partial charge in [-0.05, 0) is 49.7 Å². The number of carbonyl (C=O) groups is 2. The van der Waals surface area contributed by atoms with Crippen molar-refractivity contribution in [3.63, 3.8) is 0 Å². The summed E-state index contributed by atoms with van der Waals surface area (Å²) in [5.41, 5.74) is 1.79.